The maximum atomic E-state index is 12.8. The molecular weight excluding hydrogens is 316 g/mol. The van der Waals surface area contributed by atoms with Crippen LogP contribution in [0.1, 0.15) is 57.1 Å². The molecule has 3 atom stereocenters. The van der Waals surface area contributed by atoms with Gasteiger partial charge in [-0.25, -0.2) is 0 Å². The molecular formula is C20H28N2O3. The third-order valence-corrected chi connectivity index (χ3v) is 5.34. The molecule has 5 heteroatoms. The smallest absolute Gasteiger partial charge is 0.245 e. The Labute approximate surface area is 149 Å². The van der Waals surface area contributed by atoms with Gasteiger partial charge < -0.3 is 15.7 Å². The molecule has 0 aromatic heterocycles. The number of carbonyl (C=O) groups excluding carboxylic acids is 2. The molecule has 0 spiro atoms. The van der Waals surface area contributed by atoms with Crippen molar-refractivity contribution in [2.45, 2.75) is 63.6 Å². The molecule has 5 nitrogen and oxygen atoms in total. The van der Waals surface area contributed by atoms with Crippen LogP contribution in [0.3, 0.4) is 0 Å². The van der Waals surface area contributed by atoms with E-state index in [4.69, 9.17) is 0 Å². The van der Waals surface area contributed by atoms with Crippen LogP contribution in [0, 0.1) is 11.8 Å². The molecule has 25 heavy (non-hydrogen) atoms. The molecule has 0 radical (unpaired) electrons. The van der Waals surface area contributed by atoms with Crippen LogP contribution < -0.4 is 10.6 Å². The first-order chi connectivity index (χ1) is 12.1. The summed E-state index contributed by atoms with van der Waals surface area (Å²) in [6, 6.07) is 9.00. The number of nitrogens with one attached hydrogen (secondary N) is 2. The number of aliphatic hydroxyl groups is 1. The van der Waals surface area contributed by atoms with Crippen LogP contribution in [-0.4, -0.2) is 29.1 Å². The summed E-state index contributed by atoms with van der Waals surface area (Å²) >= 11 is 0. The largest absolute Gasteiger partial charge is 0.391 e. The van der Waals surface area contributed by atoms with Crippen LogP contribution in [-0.2, 0) is 9.59 Å². The number of benzene rings is 1. The summed E-state index contributed by atoms with van der Waals surface area (Å²) in [7, 11) is 0. The van der Waals surface area contributed by atoms with Crippen molar-refractivity contribution in [2.75, 3.05) is 0 Å². The Morgan fingerprint density at radius 3 is 2.24 bits per heavy atom. The van der Waals surface area contributed by atoms with E-state index in [-0.39, 0.29) is 23.8 Å². The van der Waals surface area contributed by atoms with Gasteiger partial charge in [-0.3, -0.25) is 9.59 Å². The lowest BCUT2D eigenvalue weighted by Crippen LogP contribution is -2.54. The van der Waals surface area contributed by atoms with Gasteiger partial charge in [0, 0.05) is 5.92 Å². The maximum Gasteiger partial charge on any atom is 0.245 e. The van der Waals surface area contributed by atoms with Gasteiger partial charge in [-0.15, -0.1) is 0 Å². The van der Waals surface area contributed by atoms with Gasteiger partial charge in [0.1, 0.15) is 6.04 Å². The lowest BCUT2D eigenvalue weighted by Gasteiger charge is -2.29. The molecule has 3 rings (SSSR count). The van der Waals surface area contributed by atoms with Gasteiger partial charge in [-0.05, 0) is 44.1 Å². The Hall–Kier alpha value is -1.88. The van der Waals surface area contributed by atoms with E-state index in [1.54, 1.807) is 6.92 Å². The van der Waals surface area contributed by atoms with Crippen molar-refractivity contribution >= 4 is 11.8 Å². The average molecular weight is 344 g/mol. The first-order valence-corrected chi connectivity index (χ1v) is 9.40. The third-order valence-electron chi connectivity index (χ3n) is 5.34. The molecule has 136 valence electrons. The number of carbonyl (C=O) groups is 2. The lowest BCUT2D eigenvalue weighted by atomic mass is 9.91. The fraction of sp³-hybridized carbons (Fsp3) is 0.600. The van der Waals surface area contributed by atoms with E-state index in [2.05, 4.69) is 10.6 Å². The zero-order chi connectivity index (χ0) is 17.8. The van der Waals surface area contributed by atoms with Crippen LogP contribution >= 0.6 is 0 Å². The number of aliphatic hydroxyl groups excluding tert-OH is 1. The Morgan fingerprint density at radius 2 is 1.68 bits per heavy atom. The molecule has 2 fully saturated rings. The Bertz CT molecular complexity index is 592. The summed E-state index contributed by atoms with van der Waals surface area (Å²) < 4.78 is 0. The monoisotopic (exact) mass is 344 g/mol. The van der Waals surface area contributed by atoms with Crippen molar-refractivity contribution in [3.63, 3.8) is 0 Å². The molecule has 3 unspecified atom stereocenters. The molecule has 0 bridgehead atoms. The van der Waals surface area contributed by atoms with E-state index in [0.29, 0.717) is 5.92 Å². The first-order valence-electron chi connectivity index (χ1n) is 9.40. The SMILES string of the molecule is CC(O)C(NC(=O)C1CC1)C(=O)NC(c1ccccc1)C1CCCC1. The van der Waals surface area contributed by atoms with E-state index in [9.17, 15) is 14.7 Å². The van der Waals surface area contributed by atoms with Gasteiger partial charge >= 0.3 is 0 Å². The van der Waals surface area contributed by atoms with Gasteiger partial charge in [0.15, 0.2) is 0 Å². The summed E-state index contributed by atoms with van der Waals surface area (Å²) in [5, 5.41) is 15.8. The number of rotatable bonds is 7. The number of hydrogen-bond acceptors (Lipinski definition) is 3. The van der Waals surface area contributed by atoms with Gasteiger partial charge in [-0.1, -0.05) is 43.2 Å². The molecule has 2 amide bonds. The van der Waals surface area contributed by atoms with Crippen LogP contribution in [0.5, 0.6) is 0 Å². The number of hydrogen-bond donors (Lipinski definition) is 3. The van der Waals surface area contributed by atoms with Crippen molar-refractivity contribution in [3.05, 3.63) is 35.9 Å². The van der Waals surface area contributed by atoms with E-state index >= 15 is 0 Å². The predicted octanol–water partition coefficient (Wildman–Crippen LogP) is 2.31. The Kier molecular flexibility index (Phi) is 5.74. The molecule has 2 saturated carbocycles. The second kappa shape index (κ2) is 8.00. The van der Waals surface area contributed by atoms with Gasteiger partial charge in [-0.2, -0.15) is 0 Å². The van der Waals surface area contributed by atoms with Crippen LogP contribution in [0.15, 0.2) is 30.3 Å². The van der Waals surface area contributed by atoms with Gasteiger partial charge in [0.25, 0.3) is 0 Å². The highest BCUT2D eigenvalue weighted by atomic mass is 16.3. The zero-order valence-electron chi connectivity index (χ0n) is 14.8. The van der Waals surface area contributed by atoms with Crippen molar-refractivity contribution in [2.24, 2.45) is 11.8 Å². The predicted molar refractivity (Wildman–Crippen MR) is 95.6 cm³/mol. The topological polar surface area (TPSA) is 78.4 Å². The van der Waals surface area contributed by atoms with Crippen LogP contribution in [0.2, 0.25) is 0 Å². The summed E-state index contributed by atoms with van der Waals surface area (Å²) in [5.74, 6) is -0.0168. The molecule has 3 N–H and O–H groups in total. The standard InChI is InChI=1S/C20H28N2O3/c1-13(23)17(21-19(24)16-11-12-16)20(25)22-18(15-9-5-6-10-15)14-7-3-2-4-8-14/h2-4,7-8,13,15-18,23H,5-6,9-12H2,1H3,(H,21,24)(H,22,25). The quantitative estimate of drug-likeness (QED) is 0.710. The summed E-state index contributed by atoms with van der Waals surface area (Å²) in [4.78, 5) is 24.9. The summed E-state index contributed by atoms with van der Waals surface area (Å²) in [6.07, 6.45) is 5.36. The molecule has 2 aliphatic rings. The van der Waals surface area contributed by atoms with E-state index in [0.717, 1.165) is 31.2 Å². The average Bonchev–Trinajstić information content (AvgIpc) is 3.33. The van der Waals surface area contributed by atoms with Crippen molar-refractivity contribution in [1.82, 2.24) is 10.6 Å². The first kappa shape index (κ1) is 17.9. The normalized spacial score (nSPS) is 21.4. The maximum absolute atomic E-state index is 12.8. The minimum Gasteiger partial charge on any atom is -0.391 e. The second-order valence-electron chi connectivity index (χ2n) is 7.44. The zero-order valence-corrected chi connectivity index (χ0v) is 14.8. The van der Waals surface area contributed by atoms with Crippen LogP contribution in [0.25, 0.3) is 0 Å². The van der Waals surface area contributed by atoms with Crippen molar-refractivity contribution in [3.8, 4) is 0 Å². The minimum absolute atomic E-state index is 0.00815. The molecule has 2 aliphatic carbocycles. The van der Waals surface area contributed by atoms with E-state index in [1.165, 1.54) is 12.8 Å². The molecule has 0 aliphatic heterocycles. The number of amides is 2. The Balaban J connectivity index is 1.72. The highest BCUT2D eigenvalue weighted by Crippen LogP contribution is 2.35. The highest BCUT2D eigenvalue weighted by molar-refractivity contribution is 5.90. The van der Waals surface area contributed by atoms with Gasteiger partial charge in [0.05, 0.1) is 12.1 Å². The van der Waals surface area contributed by atoms with E-state index in [1.807, 2.05) is 30.3 Å². The summed E-state index contributed by atoms with van der Waals surface area (Å²) in [6.45, 7) is 1.55. The molecule has 1 aromatic carbocycles. The van der Waals surface area contributed by atoms with E-state index < -0.39 is 12.1 Å². The Morgan fingerprint density at radius 1 is 1.04 bits per heavy atom. The fourth-order valence-electron chi connectivity index (χ4n) is 3.69. The summed E-state index contributed by atoms with van der Waals surface area (Å²) in [5.41, 5.74) is 1.08. The molecule has 0 saturated heterocycles. The molecule has 0 heterocycles. The van der Waals surface area contributed by atoms with Crippen molar-refractivity contribution in [1.29, 1.82) is 0 Å². The minimum atomic E-state index is -0.928. The van der Waals surface area contributed by atoms with Gasteiger partial charge in [0.2, 0.25) is 11.8 Å². The van der Waals surface area contributed by atoms with Crippen LogP contribution in [0.4, 0.5) is 0 Å². The fourth-order valence-corrected chi connectivity index (χ4v) is 3.69. The van der Waals surface area contributed by atoms with Crippen molar-refractivity contribution < 1.29 is 14.7 Å². The lowest BCUT2D eigenvalue weighted by molar-refractivity contribution is -0.132. The second-order valence-corrected chi connectivity index (χ2v) is 7.44. The third kappa shape index (κ3) is 4.60. The molecule has 1 aromatic rings. The highest BCUT2D eigenvalue weighted by Gasteiger charge is 2.36.